The molecule has 0 spiro atoms. The molecule has 0 aliphatic carbocycles. The predicted molar refractivity (Wildman–Crippen MR) is 91.2 cm³/mol. The van der Waals surface area contributed by atoms with Gasteiger partial charge in [-0.05, 0) is 31.0 Å². The van der Waals surface area contributed by atoms with E-state index in [9.17, 15) is 0 Å². The van der Waals surface area contributed by atoms with Gasteiger partial charge in [-0.25, -0.2) is 0 Å². The molecule has 0 saturated heterocycles. The Morgan fingerprint density at radius 2 is 2.09 bits per heavy atom. The van der Waals surface area contributed by atoms with Gasteiger partial charge in [0.05, 0.1) is 6.54 Å². The van der Waals surface area contributed by atoms with Crippen molar-refractivity contribution in [3.05, 3.63) is 47.7 Å². The van der Waals surface area contributed by atoms with Crippen LogP contribution in [0.25, 0.3) is 10.9 Å². The van der Waals surface area contributed by atoms with E-state index in [0.717, 1.165) is 31.1 Å². The second kappa shape index (κ2) is 6.96. The van der Waals surface area contributed by atoms with Crippen molar-refractivity contribution in [1.82, 2.24) is 20.0 Å². The molecule has 3 aromatic rings. The summed E-state index contributed by atoms with van der Waals surface area (Å²) in [7, 11) is 2.09. The molecule has 0 radical (unpaired) electrons. The minimum Gasteiger partial charge on any atom is -0.361 e. The number of hydrogen-bond donors (Lipinski definition) is 1. The van der Waals surface area contributed by atoms with Crippen LogP contribution in [0.15, 0.2) is 35.0 Å². The second-order valence-corrected chi connectivity index (χ2v) is 6.55. The third kappa shape index (κ3) is 3.99. The van der Waals surface area contributed by atoms with E-state index >= 15 is 0 Å². The van der Waals surface area contributed by atoms with Crippen LogP contribution in [0.1, 0.15) is 31.1 Å². The Bertz CT molecular complexity index is 759. The van der Waals surface area contributed by atoms with Gasteiger partial charge in [0.25, 0.3) is 0 Å². The largest absolute Gasteiger partial charge is 0.361 e. The Morgan fingerprint density at radius 1 is 1.26 bits per heavy atom. The molecular formula is C18H24N4O. The number of H-pyrrole nitrogens is 1. The summed E-state index contributed by atoms with van der Waals surface area (Å²) in [4.78, 5) is 10.0. The summed E-state index contributed by atoms with van der Waals surface area (Å²) in [6, 6.07) is 8.41. The normalized spacial score (nSPS) is 11.9. The highest BCUT2D eigenvalue weighted by Gasteiger charge is 2.11. The Hall–Kier alpha value is -2.14. The lowest BCUT2D eigenvalue weighted by atomic mass is 10.1. The van der Waals surface area contributed by atoms with Crippen molar-refractivity contribution < 1.29 is 4.52 Å². The van der Waals surface area contributed by atoms with Gasteiger partial charge in [0.15, 0.2) is 5.82 Å². The molecule has 0 saturated carbocycles. The van der Waals surface area contributed by atoms with E-state index in [1.807, 2.05) is 0 Å². The monoisotopic (exact) mass is 312 g/mol. The lowest BCUT2D eigenvalue weighted by Crippen LogP contribution is -2.21. The van der Waals surface area contributed by atoms with Crippen molar-refractivity contribution in [1.29, 1.82) is 0 Å². The maximum atomic E-state index is 5.29. The van der Waals surface area contributed by atoms with Gasteiger partial charge in [-0.1, -0.05) is 37.2 Å². The van der Waals surface area contributed by atoms with E-state index in [4.69, 9.17) is 4.52 Å². The molecule has 1 aromatic carbocycles. The fourth-order valence-electron chi connectivity index (χ4n) is 2.76. The molecule has 3 rings (SSSR count). The summed E-state index contributed by atoms with van der Waals surface area (Å²) in [6.45, 7) is 5.97. The molecule has 0 atom stereocenters. The average Bonchev–Trinajstić information content (AvgIpc) is 3.11. The van der Waals surface area contributed by atoms with Crippen molar-refractivity contribution in [2.45, 2.75) is 33.2 Å². The maximum absolute atomic E-state index is 5.29. The predicted octanol–water partition coefficient (Wildman–Crippen LogP) is 3.42. The van der Waals surface area contributed by atoms with Crippen LogP contribution in [0.3, 0.4) is 0 Å². The lowest BCUT2D eigenvalue weighted by Gasteiger charge is -2.13. The summed E-state index contributed by atoms with van der Waals surface area (Å²) in [5.41, 5.74) is 2.54. The van der Waals surface area contributed by atoms with Gasteiger partial charge >= 0.3 is 0 Å². The van der Waals surface area contributed by atoms with Crippen molar-refractivity contribution in [2.24, 2.45) is 5.92 Å². The van der Waals surface area contributed by atoms with Crippen molar-refractivity contribution in [2.75, 3.05) is 13.6 Å². The van der Waals surface area contributed by atoms with Gasteiger partial charge in [0, 0.05) is 30.1 Å². The van der Waals surface area contributed by atoms with Crippen molar-refractivity contribution in [3.8, 4) is 0 Å². The summed E-state index contributed by atoms with van der Waals surface area (Å²) in [5, 5.41) is 5.38. The smallest absolute Gasteiger partial charge is 0.226 e. The Labute approximate surface area is 136 Å². The number of aromatic amines is 1. The second-order valence-electron chi connectivity index (χ2n) is 6.55. The van der Waals surface area contributed by atoms with E-state index < -0.39 is 0 Å². The topological polar surface area (TPSA) is 58.0 Å². The zero-order valence-electron chi connectivity index (χ0n) is 14.0. The molecule has 2 aromatic heterocycles. The zero-order chi connectivity index (χ0) is 16.2. The molecule has 0 unspecified atom stereocenters. The molecule has 5 heteroatoms. The highest BCUT2D eigenvalue weighted by molar-refractivity contribution is 5.83. The van der Waals surface area contributed by atoms with Crippen molar-refractivity contribution in [3.63, 3.8) is 0 Å². The van der Waals surface area contributed by atoms with E-state index in [1.165, 1.54) is 16.5 Å². The van der Waals surface area contributed by atoms with Gasteiger partial charge < -0.3 is 9.51 Å². The molecule has 0 fully saturated rings. The van der Waals surface area contributed by atoms with Crippen LogP contribution in [-0.4, -0.2) is 33.6 Å². The SMILES string of the molecule is CC(C)Cc1nc(CN(C)CCc2c[nH]c3ccccc23)no1. The molecule has 122 valence electrons. The maximum Gasteiger partial charge on any atom is 0.226 e. The average molecular weight is 312 g/mol. The number of rotatable bonds is 7. The Kier molecular flexibility index (Phi) is 4.76. The number of hydrogen-bond acceptors (Lipinski definition) is 4. The standard InChI is InChI=1S/C18H24N4O/c1-13(2)10-18-20-17(21-23-18)12-22(3)9-8-14-11-19-16-7-5-4-6-15(14)16/h4-7,11,13,19H,8-10,12H2,1-3H3. The van der Waals surface area contributed by atoms with Crippen LogP contribution in [0.2, 0.25) is 0 Å². The van der Waals surface area contributed by atoms with E-state index in [2.05, 4.69) is 71.4 Å². The molecular weight excluding hydrogens is 288 g/mol. The van der Waals surface area contributed by atoms with Gasteiger partial charge in [-0.2, -0.15) is 4.98 Å². The third-order valence-corrected chi connectivity index (χ3v) is 3.94. The van der Waals surface area contributed by atoms with Crippen LogP contribution in [0.4, 0.5) is 0 Å². The Morgan fingerprint density at radius 3 is 2.91 bits per heavy atom. The van der Waals surface area contributed by atoms with Crippen LogP contribution < -0.4 is 0 Å². The highest BCUT2D eigenvalue weighted by atomic mass is 16.5. The van der Waals surface area contributed by atoms with Gasteiger partial charge in [0.1, 0.15) is 0 Å². The highest BCUT2D eigenvalue weighted by Crippen LogP contribution is 2.18. The summed E-state index contributed by atoms with van der Waals surface area (Å²) < 4.78 is 5.29. The molecule has 0 amide bonds. The summed E-state index contributed by atoms with van der Waals surface area (Å²) in [6.07, 6.45) is 3.94. The Balaban J connectivity index is 1.55. The first-order valence-corrected chi connectivity index (χ1v) is 8.17. The first kappa shape index (κ1) is 15.7. The minimum atomic E-state index is 0.530. The van der Waals surface area contributed by atoms with Crippen molar-refractivity contribution >= 4 is 10.9 Å². The fraction of sp³-hybridized carbons (Fsp3) is 0.444. The number of nitrogens with zero attached hydrogens (tertiary/aromatic N) is 3. The van der Waals surface area contributed by atoms with Crippen LogP contribution in [-0.2, 0) is 19.4 Å². The number of likely N-dealkylation sites (N-methyl/N-ethyl adjacent to an activating group) is 1. The quantitative estimate of drug-likeness (QED) is 0.726. The zero-order valence-corrected chi connectivity index (χ0v) is 14.0. The molecule has 0 aliphatic heterocycles. The molecule has 0 bridgehead atoms. The summed E-state index contributed by atoms with van der Waals surface area (Å²) >= 11 is 0. The van der Waals surface area contributed by atoms with E-state index in [1.54, 1.807) is 0 Å². The first-order valence-electron chi connectivity index (χ1n) is 8.17. The van der Waals surface area contributed by atoms with E-state index in [-0.39, 0.29) is 0 Å². The number of fused-ring (bicyclic) bond motifs is 1. The number of aromatic nitrogens is 3. The van der Waals surface area contributed by atoms with Crippen LogP contribution in [0.5, 0.6) is 0 Å². The van der Waals surface area contributed by atoms with Gasteiger partial charge in [0.2, 0.25) is 5.89 Å². The number of para-hydroxylation sites is 1. The molecule has 23 heavy (non-hydrogen) atoms. The van der Waals surface area contributed by atoms with Crippen LogP contribution in [0, 0.1) is 5.92 Å². The molecule has 0 aliphatic rings. The van der Waals surface area contributed by atoms with Crippen LogP contribution >= 0.6 is 0 Å². The van der Waals surface area contributed by atoms with Gasteiger partial charge in [-0.15, -0.1) is 0 Å². The number of benzene rings is 1. The molecule has 5 nitrogen and oxygen atoms in total. The molecule has 1 N–H and O–H groups in total. The fourth-order valence-corrected chi connectivity index (χ4v) is 2.76. The summed E-state index contributed by atoms with van der Waals surface area (Å²) in [5.74, 6) is 2.03. The molecule has 2 heterocycles. The van der Waals surface area contributed by atoms with Gasteiger partial charge in [-0.3, -0.25) is 4.90 Å². The lowest BCUT2D eigenvalue weighted by molar-refractivity contribution is 0.308. The minimum absolute atomic E-state index is 0.530. The first-order chi connectivity index (χ1) is 11.1. The number of nitrogens with one attached hydrogen (secondary N) is 1. The third-order valence-electron chi connectivity index (χ3n) is 3.94. The van der Waals surface area contributed by atoms with E-state index in [0.29, 0.717) is 12.5 Å².